The Morgan fingerprint density at radius 3 is 2.76 bits per heavy atom. The molecule has 0 radical (unpaired) electrons. The number of fused-ring (bicyclic) bond motifs is 1. The summed E-state index contributed by atoms with van der Waals surface area (Å²) >= 11 is 6.11. The predicted octanol–water partition coefficient (Wildman–Crippen LogP) is 4.25. The lowest BCUT2D eigenvalue weighted by Crippen LogP contribution is -2.31. The Morgan fingerprint density at radius 1 is 1.21 bits per heavy atom. The van der Waals surface area contributed by atoms with Gasteiger partial charge in [0.1, 0.15) is 0 Å². The molecule has 1 aromatic heterocycles. The van der Waals surface area contributed by atoms with Crippen molar-refractivity contribution in [1.29, 1.82) is 0 Å². The summed E-state index contributed by atoms with van der Waals surface area (Å²) in [6.45, 7) is 4.98. The molecule has 150 valence electrons. The van der Waals surface area contributed by atoms with Crippen molar-refractivity contribution in [3.63, 3.8) is 0 Å². The van der Waals surface area contributed by atoms with Gasteiger partial charge in [-0.25, -0.2) is 4.57 Å². The van der Waals surface area contributed by atoms with Gasteiger partial charge >= 0.3 is 0 Å². The van der Waals surface area contributed by atoms with Crippen molar-refractivity contribution < 1.29 is 5.11 Å². The van der Waals surface area contributed by atoms with E-state index in [1.807, 2.05) is 18.2 Å². The highest BCUT2D eigenvalue weighted by molar-refractivity contribution is 6.30. The molecular weight excluding hydrogens is 386 g/mol. The lowest BCUT2D eigenvalue weighted by molar-refractivity contribution is 0.273. The number of aliphatic imine (C=N–C) groups is 1. The van der Waals surface area contributed by atoms with Gasteiger partial charge in [-0.2, -0.15) is 0 Å². The molecule has 0 amide bonds. The predicted molar refractivity (Wildman–Crippen MR) is 119 cm³/mol. The fourth-order valence-electron chi connectivity index (χ4n) is 4.13. The average molecular weight is 410 g/mol. The quantitative estimate of drug-likeness (QED) is 0.641. The average Bonchev–Trinajstić information content (AvgIpc) is 3.18. The minimum Gasteiger partial charge on any atom is -0.494 e. The van der Waals surface area contributed by atoms with Crippen LogP contribution in [0.4, 0.5) is 0 Å². The van der Waals surface area contributed by atoms with E-state index in [1.54, 1.807) is 36.5 Å². The summed E-state index contributed by atoms with van der Waals surface area (Å²) in [5.41, 5.74) is 0.778. The third-order valence-corrected chi connectivity index (χ3v) is 5.85. The third-order valence-electron chi connectivity index (χ3n) is 5.61. The summed E-state index contributed by atoms with van der Waals surface area (Å²) in [5, 5.41) is 12.7. The maximum atomic E-state index is 13.1. The van der Waals surface area contributed by atoms with E-state index in [0.29, 0.717) is 39.6 Å². The van der Waals surface area contributed by atoms with Gasteiger partial charge in [0, 0.05) is 28.1 Å². The molecule has 0 aliphatic carbocycles. The Kier molecular flexibility index (Phi) is 5.69. The first-order valence-corrected chi connectivity index (χ1v) is 10.3. The van der Waals surface area contributed by atoms with Crippen molar-refractivity contribution in [1.82, 2.24) is 9.47 Å². The largest absolute Gasteiger partial charge is 0.494 e. The van der Waals surface area contributed by atoms with Crippen molar-refractivity contribution >= 4 is 28.6 Å². The second-order valence-corrected chi connectivity index (χ2v) is 7.76. The molecule has 6 heteroatoms. The normalized spacial score (nSPS) is 17.5. The highest BCUT2D eigenvalue weighted by atomic mass is 35.5. The van der Waals surface area contributed by atoms with Gasteiger partial charge in [-0.1, -0.05) is 42.8 Å². The van der Waals surface area contributed by atoms with Crippen molar-refractivity contribution in [3.05, 3.63) is 69.5 Å². The van der Waals surface area contributed by atoms with E-state index in [1.165, 1.54) is 11.0 Å². The van der Waals surface area contributed by atoms with Gasteiger partial charge in [-0.05, 0) is 50.2 Å². The number of aromatic hydroxyl groups is 1. The van der Waals surface area contributed by atoms with Gasteiger partial charge in [0.05, 0.1) is 17.8 Å². The molecule has 29 heavy (non-hydrogen) atoms. The number of rotatable bonds is 5. The molecular formula is C23H24ClN3O2. The Hall–Kier alpha value is -2.63. The first kappa shape index (κ1) is 19.7. The van der Waals surface area contributed by atoms with Gasteiger partial charge in [0.2, 0.25) is 5.88 Å². The molecule has 2 aromatic carbocycles. The summed E-state index contributed by atoms with van der Waals surface area (Å²) in [6, 6.07) is 14.6. The minimum absolute atomic E-state index is 0.126. The second-order valence-electron chi connectivity index (χ2n) is 7.32. The van der Waals surface area contributed by atoms with Crippen LogP contribution in [0.2, 0.25) is 5.02 Å². The number of likely N-dealkylation sites (tertiary alicyclic amines) is 1. The van der Waals surface area contributed by atoms with Crippen LogP contribution in [-0.4, -0.2) is 46.5 Å². The maximum Gasteiger partial charge on any atom is 0.265 e. The molecule has 4 rings (SSSR count). The highest BCUT2D eigenvalue weighted by Gasteiger charge is 2.22. The van der Waals surface area contributed by atoms with Crippen LogP contribution in [0.1, 0.15) is 25.3 Å². The molecule has 0 unspecified atom stereocenters. The number of hydrogen-bond acceptors (Lipinski definition) is 4. The number of likely N-dealkylation sites (N-methyl/N-ethyl adjacent to an activating group) is 1. The number of hydrogen-bond donors (Lipinski definition) is 1. The number of benzene rings is 2. The van der Waals surface area contributed by atoms with Gasteiger partial charge < -0.3 is 5.11 Å². The molecule has 1 saturated heterocycles. The molecule has 5 nitrogen and oxygen atoms in total. The van der Waals surface area contributed by atoms with Gasteiger partial charge in [-0.15, -0.1) is 0 Å². The summed E-state index contributed by atoms with van der Waals surface area (Å²) < 4.78 is 1.30. The SMILES string of the molecule is CCN1CCC[C@@H]1CN=Cc1c(O)n(-c2cccc(Cl)c2)c(=O)c2ccccc12. The van der Waals surface area contributed by atoms with Crippen LogP contribution in [0.15, 0.2) is 58.3 Å². The molecule has 0 spiro atoms. The molecule has 3 aromatic rings. The van der Waals surface area contributed by atoms with Gasteiger partial charge in [0.25, 0.3) is 5.56 Å². The Labute approximate surface area is 174 Å². The molecule has 1 aliphatic heterocycles. The number of aromatic nitrogens is 1. The van der Waals surface area contributed by atoms with E-state index in [0.717, 1.165) is 19.5 Å². The van der Waals surface area contributed by atoms with E-state index in [9.17, 15) is 9.90 Å². The zero-order chi connectivity index (χ0) is 20.4. The second kappa shape index (κ2) is 8.39. The standard InChI is InChI=1S/C23H24ClN3O2/c1-2-26-12-6-9-18(26)14-25-15-21-19-10-3-4-11-20(19)22(28)27(23(21)29)17-8-5-7-16(24)13-17/h3-5,7-8,10-11,13,15,18,29H,2,6,9,12,14H2,1H3/t18-/m1/s1. The lowest BCUT2D eigenvalue weighted by Gasteiger charge is -2.20. The Bertz CT molecular complexity index is 1120. The van der Waals surface area contributed by atoms with Crippen molar-refractivity contribution in [2.24, 2.45) is 4.99 Å². The van der Waals surface area contributed by atoms with E-state index in [4.69, 9.17) is 11.6 Å². The van der Waals surface area contributed by atoms with Crippen LogP contribution in [-0.2, 0) is 0 Å². The van der Waals surface area contributed by atoms with Crippen LogP contribution >= 0.6 is 11.6 Å². The van der Waals surface area contributed by atoms with Crippen LogP contribution in [0.3, 0.4) is 0 Å². The van der Waals surface area contributed by atoms with Crippen molar-refractivity contribution in [2.45, 2.75) is 25.8 Å². The smallest absolute Gasteiger partial charge is 0.265 e. The van der Waals surface area contributed by atoms with Crippen molar-refractivity contribution in [3.8, 4) is 11.6 Å². The monoisotopic (exact) mass is 409 g/mol. The fourth-order valence-corrected chi connectivity index (χ4v) is 4.31. The van der Waals surface area contributed by atoms with E-state index in [-0.39, 0.29) is 11.4 Å². The van der Waals surface area contributed by atoms with Gasteiger partial charge in [0.15, 0.2) is 0 Å². The fraction of sp³-hybridized carbons (Fsp3) is 0.304. The number of halogens is 1. The van der Waals surface area contributed by atoms with Crippen LogP contribution in [0.25, 0.3) is 16.5 Å². The molecule has 1 atom stereocenters. The van der Waals surface area contributed by atoms with E-state index in [2.05, 4.69) is 16.8 Å². The van der Waals surface area contributed by atoms with Crippen LogP contribution < -0.4 is 5.56 Å². The molecule has 0 bridgehead atoms. The third kappa shape index (κ3) is 3.80. The Morgan fingerprint density at radius 2 is 2.00 bits per heavy atom. The summed E-state index contributed by atoms with van der Waals surface area (Å²) in [6.07, 6.45) is 4.03. The van der Waals surface area contributed by atoms with Crippen LogP contribution in [0, 0.1) is 0 Å². The number of nitrogens with zero attached hydrogens (tertiary/aromatic N) is 3. The first-order chi connectivity index (χ1) is 14.1. The molecule has 2 heterocycles. The summed E-state index contributed by atoms with van der Waals surface area (Å²) in [4.78, 5) is 20.2. The minimum atomic E-state index is -0.287. The zero-order valence-electron chi connectivity index (χ0n) is 16.4. The summed E-state index contributed by atoms with van der Waals surface area (Å²) in [5.74, 6) is -0.126. The topological polar surface area (TPSA) is 57.8 Å². The van der Waals surface area contributed by atoms with E-state index >= 15 is 0 Å². The Balaban J connectivity index is 1.81. The molecule has 1 N–H and O–H groups in total. The summed E-state index contributed by atoms with van der Waals surface area (Å²) in [7, 11) is 0. The van der Waals surface area contributed by atoms with Crippen molar-refractivity contribution in [2.75, 3.05) is 19.6 Å². The van der Waals surface area contributed by atoms with E-state index < -0.39 is 0 Å². The molecule has 1 aliphatic rings. The van der Waals surface area contributed by atoms with Gasteiger partial charge in [-0.3, -0.25) is 14.7 Å². The molecule has 1 fully saturated rings. The van der Waals surface area contributed by atoms with Crippen LogP contribution in [0.5, 0.6) is 5.88 Å². The maximum absolute atomic E-state index is 13.1. The first-order valence-electron chi connectivity index (χ1n) is 9.96. The lowest BCUT2D eigenvalue weighted by atomic mass is 10.1. The molecule has 0 saturated carbocycles. The zero-order valence-corrected chi connectivity index (χ0v) is 17.1. The number of pyridine rings is 1. The highest BCUT2D eigenvalue weighted by Crippen LogP contribution is 2.27.